The molecule has 1 aromatic carbocycles. The lowest BCUT2D eigenvalue weighted by Gasteiger charge is -2.18. The van der Waals surface area contributed by atoms with Crippen molar-refractivity contribution in [2.45, 2.75) is 23.0 Å². The second kappa shape index (κ2) is 5.97. The molecule has 0 aromatic heterocycles. The van der Waals surface area contributed by atoms with E-state index in [1.165, 1.54) is 30.8 Å². The van der Waals surface area contributed by atoms with Crippen molar-refractivity contribution in [3.8, 4) is 5.75 Å². The van der Waals surface area contributed by atoms with Crippen LogP contribution >= 0.6 is 27.7 Å². The molecule has 0 aliphatic heterocycles. The number of ketones is 1. The Kier molecular flexibility index (Phi) is 5.10. The molecule has 1 unspecified atom stereocenters. The number of halogens is 4. The number of rotatable bonds is 4. The van der Waals surface area contributed by atoms with E-state index in [4.69, 9.17) is 0 Å². The van der Waals surface area contributed by atoms with E-state index < -0.39 is 11.2 Å². The molecule has 0 bridgehead atoms. The molecule has 0 saturated carbocycles. The van der Waals surface area contributed by atoms with Gasteiger partial charge in [0.2, 0.25) is 0 Å². The highest BCUT2D eigenvalue weighted by molar-refractivity contribution is 9.09. The van der Waals surface area contributed by atoms with E-state index in [9.17, 15) is 18.0 Å². The van der Waals surface area contributed by atoms with Gasteiger partial charge in [0.1, 0.15) is 16.4 Å². The van der Waals surface area contributed by atoms with Gasteiger partial charge in [-0.3, -0.25) is 4.79 Å². The second-order valence-corrected chi connectivity index (χ2v) is 5.16. The van der Waals surface area contributed by atoms with Crippen LogP contribution in [0.4, 0.5) is 13.2 Å². The van der Waals surface area contributed by atoms with E-state index in [2.05, 4.69) is 20.7 Å². The summed E-state index contributed by atoms with van der Waals surface area (Å²) in [6.07, 6.45) is -3.06. The van der Waals surface area contributed by atoms with Crippen molar-refractivity contribution >= 4 is 33.5 Å². The molecular weight excluding hydrogens is 333 g/mol. The predicted octanol–water partition coefficient (Wildman–Crippen LogP) is 4.33. The fraction of sp³-hybridized carbons (Fsp3) is 0.364. The van der Waals surface area contributed by atoms with E-state index in [1.54, 1.807) is 12.3 Å². The summed E-state index contributed by atoms with van der Waals surface area (Å²) in [6.45, 7) is 1.30. The first-order valence-electron chi connectivity index (χ1n) is 4.83. The van der Waals surface area contributed by atoms with Gasteiger partial charge in [0.05, 0.1) is 0 Å². The lowest BCUT2D eigenvalue weighted by Crippen LogP contribution is -2.19. The van der Waals surface area contributed by atoms with Gasteiger partial charge in [-0.15, -0.1) is 24.9 Å². The van der Waals surface area contributed by atoms with Gasteiger partial charge in [-0.2, -0.15) is 0 Å². The summed E-state index contributed by atoms with van der Waals surface area (Å²) >= 11 is 4.34. The van der Waals surface area contributed by atoms with Crippen LogP contribution in [0.3, 0.4) is 0 Å². The maximum Gasteiger partial charge on any atom is 0.573 e. The van der Waals surface area contributed by atoms with Crippen molar-refractivity contribution in [3.63, 3.8) is 0 Å². The number of carbonyl (C=O) groups is 1. The van der Waals surface area contributed by atoms with Crippen LogP contribution in [0.2, 0.25) is 0 Å². The minimum absolute atomic E-state index is 0.204. The van der Waals surface area contributed by atoms with Crippen LogP contribution in [0.15, 0.2) is 23.1 Å². The van der Waals surface area contributed by atoms with Crippen LogP contribution in [0.1, 0.15) is 17.3 Å². The summed E-state index contributed by atoms with van der Waals surface area (Å²) in [5, 5.41) is 0. The Bertz CT molecular complexity index is 448. The number of alkyl halides is 4. The summed E-state index contributed by atoms with van der Waals surface area (Å²) in [5.41, 5.74) is 0.204. The van der Waals surface area contributed by atoms with Gasteiger partial charge in [-0.05, 0) is 25.3 Å². The Morgan fingerprint density at radius 1 is 1.44 bits per heavy atom. The second-order valence-electron chi connectivity index (χ2n) is 3.39. The summed E-state index contributed by atoms with van der Waals surface area (Å²) in [6, 6.07) is 4.29. The Balaban J connectivity index is 3.29. The highest BCUT2D eigenvalue weighted by atomic mass is 79.9. The predicted molar refractivity (Wildman–Crippen MR) is 67.3 cm³/mol. The van der Waals surface area contributed by atoms with Gasteiger partial charge in [0.25, 0.3) is 0 Å². The minimum atomic E-state index is -4.78. The van der Waals surface area contributed by atoms with Crippen molar-refractivity contribution in [2.24, 2.45) is 0 Å². The summed E-state index contributed by atoms with van der Waals surface area (Å²) in [5.74, 6) is -0.644. The normalized spacial score (nSPS) is 13.2. The number of ether oxygens (including phenoxy) is 1. The topological polar surface area (TPSA) is 26.3 Å². The lowest BCUT2D eigenvalue weighted by molar-refractivity contribution is -0.275. The summed E-state index contributed by atoms with van der Waals surface area (Å²) in [4.78, 5) is 11.1. The molecule has 0 amide bonds. The smallest absolute Gasteiger partial charge is 0.405 e. The van der Waals surface area contributed by atoms with Gasteiger partial charge in [-0.25, -0.2) is 0 Å². The van der Waals surface area contributed by atoms with Crippen molar-refractivity contribution in [3.05, 3.63) is 23.8 Å². The Hall–Kier alpha value is -0.690. The Labute approximate surface area is 115 Å². The monoisotopic (exact) mass is 342 g/mol. The first-order valence-corrected chi connectivity index (χ1v) is 6.97. The molecule has 1 aromatic rings. The highest BCUT2D eigenvalue weighted by Crippen LogP contribution is 2.40. The van der Waals surface area contributed by atoms with Crippen molar-refractivity contribution in [2.75, 3.05) is 6.26 Å². The number of carbonyl (C=O) groups excluding carboxylic acids is 1. The zero-order valence-corrected chi connectivity index (χ0v) is 11.9. The van der Waals surface area contributed by atoms with E-state index in [-0.39, 0.29) is 17.1 Å². The van der Waals surface area contributed by atoms with Crippen LogP contribution in [0.25, 0.3) is 0 Å². The van der Waals surface area contributed by atoms with Gasteiger partial charge >= 0.3 is 6.36 Å². The molecule has 1 atom stereocenters. The van der Waals surface area contributed by atoms with Crippen LogP contribution in [0, 0.1) is 0 Å². The Morgan fingerprint density at radius 3 is 2.50 bits per heavy atom. The number of hydrogen-bond donors (Lipinski definition) is 0. The van der Waals surface area contributed by atoms with Gasteiger partial charge in [0.15, 0.2) is 0 Å². The molecule has 0 fully saturated rings. The highest BCUT2D eigenvalue weighted by Gasteiger charge is 2.34. The molecule has 100 valence electrons. The minimum Gasteiger partial charge on any atom is -0.405 e. The molecule has 18 heavy (non-hydrogen) atoms. The van der Waals surface area contributed by atoms with Crippen LogP contribution < -0.4 is 4.74 Å². The maximum atomic E-state index is 12.3. The van der Waals surface area contributed by atoms with Crippen molar-refractivity contribution in [1.29, 1.82) is 0 Å². The molecule has 0 heterocycles. The first-order chi connectivity index (χ1) is 8.26. The fourth-order valence-corrected chi connectivity index (χ4v) is 2.65. The summed E-state index contributed by atoms with van der Waals surface area (Å²) in [7, 11) is 0. The fourth-order valence-electron chi connectivity index (χ4n) is 1.37. The molecule has 7 heteroatoms. The average Bonchev–Trinajstić information content (AvgIpc) is 2.25. The first kappa shape index (κ1) is 15.4. The van der Waals surface area contributed by atoms with Gasteiger partial charge in [0, 0.05) is 10.5 Å². The SMILES string of the molecule is CSc1cccc(OC(F)(F)F)c1C(Br)C(C)=O. The standard InChI is InChI=1S/C11H10BrF3O2S/c1-6(16)10(12)9-7(17-11(13,14)15)4-3-5-8(9)18-2/h3-5,10H,1-2H3. The van der Waals surface area contributed by atoms with E-state index >= 15 is 0 Å². The third kappa shape index (κ3) is 3.91. The van der Waals surface area contributed by atoms with Crippen molar-refractivity contribution < 1.29 is 22.7 Å². The third-order valence-electron chi connectivity index (χ3n) is 2.08. The summed E-state index contributed by atoms with van der Waals surface area (Å²) < 4.78 is 40.8. The average molecular weight is 343 g/mol. The molecule has 0 aliphatic carbocycles. The quantitative estimate of drug-likeness (QED) is 0.601. The molecule has 0 N–H and O–H groups in total. The molecule has 1 rings (SSSR count). The molecular formula is C11H10BrF3O2S. The van der Waals surface area contributed by atoms with Crippen LogP contribution in [-0.4, -0.2) is 18.4 Å². The molecule has 0 radical (unpaired) electrons. The van der Waals surface area contributed by atoms with Crippen LogP contribution in [-0.2, 0) is 4.79 Å². The number of thioether (sulfide) groups is 1. The van der Waals surface area contributed by atoms with Crippen molar-refractivity contribution in [1.82, 2.24) is 0 Å². The number of benzene rings is 1. The van der Waals surface area contributed by atoms with Gasteiger partial charge in [-0.1, -0.05) is 22.0 Å². The van der Waals surface area contributed by atoms with E-state index in [0.717, 1.165) is 0 Å². The zero-order valence-electron chi connectivity index (χ0n) is 9.55. The zero-order chi connectivity index (χ0) is 13.9. The lowest BCUT2D eigenvalue weighted by atomic mass is 10.1. The molecule has 0 spiro atoms. The number of hydrogen-bond acceptors (Lipinski definition) is 3. The largest absolute Gasteiger partial charge is 0.573 e. The third-order valence-corrected chi connectivity index (χ3v) is 3.98. The van der Waals surface area contributed by atoms with Crippen LogP contribution in [0.5, 0.6) is 5.75 Å². The molecule has 0 aliphatic rings. The van der Waals surface area contributed by atoms with E-state index in [0.29, 0.717) is 4.90 Å². The van der Waals surface area contributed by atoms with Gasteiger partial charge < -0.3 is 4.74 Å². The van der Waals surface area contributed by atoms with E-state index in [1.807, 2.05) is 0 Å². The Morgan fingerprint density at radius 2 is 2.06 bits per heavy atom. The number of Topliss-reactive ketones (excluding diaryl/α,β-unsaturated/α-hetero) is 1. The molecule has 2 nitrogen and oxygen atoms in total. The molecule has 0 saturated heterocycles. The maximum absolute atomic E-state index is 12.3.